The normalized spacial score (nSPS) is 10.5. The number of aryl methyl sites for hydroxylation is 1. The Morgan fingerprint density at radius 1 is 1.40 bits per heavy atom. The van der Waals surface area contributed by atoms with Gasteiger partial charge in [-0.05, 0) is 6.42 Å². The Balaban J connectivity index is 2.40. The number of aromatic nitrogens is 4. The molecule has 0 spiro atoms. The lowest BCUT2D eigenvalue weighted by atomic mass is 10.3. The van der Waals surface area contributed by atoms with Crippen LogP contribution in [-0.4, -0.2) is 19.5 Å². The maximum Gasteiger partial charge on any atom is 0.143 e. The average Bonchev–Trinajstić information content (AvgIpc) is 2.70. The van der Waals surface area contributed by atoms with Crippen LogP contribution < -0.4 is 5.73 Å². The molecule has 0 unspecified atom stereocenters. The molecule has 0 saturated heterocycles. The van der Waals surface area contributed by atoms with Gasteiger partial charge in [-0.25, -0.2) is 15.0 Å². The third-order valence-electron chi connectivity index (χ3n) is 2.02. The van der Waals surface area contributed by atoms with E-state index in [1.54, 1.807) is 18.6 Å². The number of imidazole rings is 1. The molecule has 0 atom stereocenters. The fourth-order valence-corrected chi connectivity index (χ4v) is 1.37. The number of nitrogen functional groups attached to an aromatic ring is 1. The molecule has 2 heterocycles. The van der Waals surface area contributed by atoms with Crippen LogP contribution in [0.15, 0.2) is 24.8 Å². The van der Waals surface area contributed by atoms with Crippen LogP contribution in [0.4, 0.5) is 5.82 Å². The quantitative estimate of drug-likeness (QED) is 0.813. The molecular formula is C10H13N5. The van der Waals surface area contributed by atoms with Crippen LogP contribution in [0.3, 0.4) is 0 Å². The van der Waals surface area contributed by atoms with E-state index in [1.807, 2.05) is 10.8 Å². The predicted octanol–water partition coefficient (Wildman–Crippen LogP) is 1.20. The highest BCUT2D eigenvalue weighted by atomic mass is 15.1. The van der Waals surface area contributed by atoms with E-state index in [0.29, 0.717) is 5.82 Å². The van der Waals surface area contributed by atoms with Gasteiger partial charge in [-0.3, -0.25) is 4.57 Å². The summed E-state index contributed by atoms with van der Waals surface area (Å²) in [5.74, 6) is 2.04. The second kappa shape index (κ2) is 4.08. The van der Waals surface area contributed by atoms with Crippen molar-refractivity contribution in [2.45, 2.75) is 19.8 Å². The van der Waals surface area contributed by atoms with E-state index >= 15 is 0 Å². The molecule has 0 aliphatic rings. The van der Waals surface area contributed by atoms with Crippen molar-refractivity contribution in [2.24, 2.45) is 0 Å². The van der Waals surface area contributed by atoms with Gasteiger partial charge in [0.1, 0.15) is 23.8 Å². The standard InChI is InChI=1S/C10H13N5/c1-2-3-9-13-8(11)6-10(14-9)15-5-4-12-7-15/h4-7H,2-3H2,1H3,(H2,11,13,14). The van der Waals surface area contributed by atoms with Gasteiger partial charge in [0.25, 0.3) is 0 Å². The molecule has 5 heteroatoms. The minimum Gasteiger partial charge on any atom is -0.384 e. The summed E-state index contributed by atoms with van der Waals surface area (Å²) in [5.41, 5.74) is 5.71. The van der Waals surface area contributed by atoms with Crippen LogP contribution in [0.5, 0.6) is 0 Å². The lowest BCUT2D eigenvalue weighted by Crippen LogP contribution is -2.04. The Hall–Kier alpha value is -1.91. The lowest BCUT2D eigenvalue weighted by Gasteiger charge is -2.04. The van der Waals surface area contributed by atoms with Gasteiger partial charge in [-0.2, -0.15) is 0 Å². The first-order chi connectivity index (χ1) is 7.29. The van der Waals surface area contributed by atoms with Gasteiger partial charge >= 0.3 is 0 Å². The van der Waals surface area contributed by atoms with E-state index < -0.39 is 0 Å². The highest BCUT2D eigenvalue weighted by molar-refractivity contribution is 5.37. The first-order valence-corrected chi connectivity index (χ1v) is 4.91. The van der Waals surface area contributed by atoms with Gasteiger partial charge in [0.05, 0.1) is 0 Å². The molecule has 0 fully saturated rings. The van der Waals surface area contributed by atoms with Crippen LogP contribution in [-0.2, 0) is 6.42 Å². The average molecular weight is 203 g/mol. The highest BCUT2D eigenvalue weighted by Crippen LogP contribution is 2.09. The minimum absolute atomic E-state index is 0.497. The molecule has 2 rings (SSSR count). The smallest absolute Gasteiger partial charge is 0.143 e. The van der Waals surface area contributed by atoms with E-state index in [2.05, 4.69) is 21.9 Å². The van der Waals surface area contributed by atoms with Crippen LogP contribution in [0.2, 0.25) is 0 Å². The molecule has 2 aromatic rings. The van der Waals surface area contributed by atoms with Gasteiger partial charge in [-0.15, -0.1) is 0 Å². The summed E-state index contributed by atoms with van der Waals surface area (Å²) in [5, 5.41) is 0. The van der Waals surface area contributed by atoms with Crippen molar-refractivity contribution >= 4 is 5.82 Å². The molecule has 5 nitrogen and oxygen atoms in total. The molecular weight excluding hydrogens is 190 g/mol. The second-order valence-electron chi connectivity index (χ2n) is 3.29. The van der Waals surface area contributed by atoms with Gasteiger partial charge in [-0.1, -0.05) is 6.92 Å². The molecule has 0 aliphatic carbocycles. The molecule has 0 saturated carbocycles. The van der Waals surface area contributed by atoms with Gasteiger partial charge in [0, 0.05) is 24.9 Å². The Morgan fingerprint density at radius 3 is 2.93 bits per heavy atom. The Bertz CT molecular complexity index is 435. The third kappa shape index (κ3) is 2.12. The van der Waals surface area contributed by atoms with Crippen molar-refractivity contribution in [2.75, 3.05) is 5.73 Å². The molecule has 0 radical (unpaired) electrons. The van der Waals surface area contributed by atoms with Crippen molar-refractivity contribution in [1.29, 1.82) is 0 Å². The fourth-order valence-electron chi connectivity index (χ4n) is 1.37. The van der Waals surface area contributed by atoms with Crippen molar-refractivity contribution in [3.63, 3.8) is 0 Å². The largest absolute Gasteiger partial charge is 0.384 e. The number of hydrogen-bond donors (Lipinski definition) is 1. The van der Waals surface area contributed by atoms with E-state index in [1.165, 1.54) is 0 Å². The van der Waals surface area contributed by atoms with Gasteiger partial charge in [0.2, 0.25) is 0 Å². The first kappa shape index (κ1) is 9.64. The van der Waals surface area contributed by atoms with Gasteiger partial charge in [0.15, 0.2) is 0 Å². The molecule has 15 heavy (non-hydrogen) atoms. The van der Waals surface area contributed by atoms with E-state index in [9.17, 15) is 0 Å². The molecule has 0 aromatic carbocycles. The van der Waals surface area contributed by atoms with Crippen molar-refractivity contribution in [3.05, 3.63) is 30.6 Å². The highest BCUT2D eigenvalue weighted by Gasteiger charge is 2.03. The zero-order chi connectivity index (χ0) is 10.7. The van der Waals surface area contributed by atoms with Gasteiger partial charge < -0.3 is 5.73 Å². The zero-order valence-electron chi connectivity index (χ0n) is 8.59. The summed E-state index contributed by atoms with van der Waals surface area (Å²) in [6, 6.07) is 1.74. The van der Waals surface area contributed by atoms with Crippen LogP contribution in [0, 0.1) is 0 Å². The number of nitrogens with two attached hydrogens (primary N) is 1. The fraction of sp³-hybridized carbons (Fsp3) is 0.300. The maximum absolute atomic E-state index is 5.71. The van der Waals surface area contributed by atoms with Crippen molar-refractivity contribution in [1.82, 2.24) is 19.5 Å². The Labute approximate surface area is 88.0 Å². The summed E-state index contributed by atoms with van der Waals surface area (Å²) in [7, 11) is 0. The van der Waals surface area contributed by atoms with E-state index in [0.717, 1.165) is 24.5 Å². The molecule has 0 amide bonds. The predicted molar refractivity (Wildman–Crippen MR) is 57.6 cm³/mol. The zero-order valence-corrected chi connectivity index (χ0v) is 8.59. The number of rotatable bonds is 3. The number of nitrogens with zero attached hydrogens (tertiary/aromatic N) is 4. The van der Waals surface area contributed by atoms with Crippen LogP contribution >= 0.6 is 0 Å². The number of hydrogen-bond acceptors (Lipinski definition) is 4. The topological polar surface area (TPSA) is 69.6 Å². The molecule has 78 valence electrons. The summed E-state index contributed by atoms with van der Waals surface area (Å²) < 4.78 is 1.82. The second-order valence-corrected chi connectivity index (χ2v) is 3.29. The Kier molecular flexibility index (Phi) is 2.62. The maximum atomic E-state index is 5.71. The summed E-state index contributed by atoms with van der Waals surface area (Å²) >= 11 is 0. The van der Waals surface area contributed by atoms with Crippen LogP contribution in [0.1, 0.15) is 19.2 Å². The van der Waals surface area contributed by atoms with Crippen molar-refractivity contribution < 1.29 is 0 Å². The molecule has 2 aromatic heterocycles. The summed E-state index contributed by atoms with van der Waals surface area (Å²) in [6.45, 7) is 2.09. The van der Waals surface area contributed by atoms with E-state index in [-0.39, 0.29) is 0 Å². The minimum atomic E-state index is 0.497. The third-order valence-corrected chi connectivity index (χ3v) is 2.02. The monoisotopic (exact) mass is 203 g/mol. The Morgan fingerprint density at radius 2 is 2.27 bits per heavy atom. The van der Waals surface area contributed by atoms with Crippen LogP contribution in [0.25, 0.3) is 5.82 Å². The summed E-state index contributed by atoms with van der Waals surface area (Å²) in [4.78, 5) is 12.5. The lowest BCUT2D eigenvalue weighted by molar-refractivity contribution is 0.819. The number of anilines is 1. The first-order valence-electron chi connectivity index (χ1n) is 4.91. The van der Waals surface area contributed by atoms with E-state index in [4.69, 9.17) is 5.73 Å². The molecule has 0 bridgehead atoms. The molecule has 2 N–H and O–H groups in total. The molecule has 0 aliphatic heterocycles. The SMILES string of the molecule is CCCc1nc(N)cc(-n2ccnc2)n1. The summed E-state index contributed by atoms with van der Waals surface area (Å²) in [6.07, 6.45) is 7.08. The van der Waals surface area contributed by atoms with Crippen molar-refractivity contribution in [3.8, 4) is 5.82 Å².